The number of aryl methyl sites for hydroxylation is 1. The molecule has 0 aromatic carbocycles. The summed E-state index contributed by atoms with van der Waals surface area (Å²) in [6, 6.07) is 0. The van der Waals surface area contributed by atoms with E-state index in [1.165, 1.54) is 24.2 Å². The van der Waals surface area contributed by atoms with Gasteiger partial charge in [0.05, 0.1) is 10.7 Å². The highest BCUT2D eigenvalue weighted by Gasteiger charge is 2.22. The van der Waals surface area contributed by atoms with Gasteiger partial charge < -0.3 is 10.0 Å². The van der Waals surface area contributed by atoms with Crippen molar-refractivity contribution in [2.75, 3.05) is 19.6 Å². The standard InChI is InChI=1S/C14H22N2O2S/c1-9-5-4-6-16(7-9)8-10(2)13-15-11(3)12(19-13)14(17)18/h9-10H,4-8H2,1-3H3,(H,17,18). The van der Waals surface area contributed by atoms with Crippen molar-refractivity contribution in [2.45, 2.75) is 39.5 Å². The SMILES string of the molecule is Cc1nc(C(C)CN2CCCC(C)C2)sc1C(=O)O. The van der Waals surface area contributed by atoms with Crippen molar-refractivity contribution in [3.05, 3.63) is 15.6 Å². The maximum atomic E-state index is 11.1. The van der Waals surface area contributed by atoms with Crippen LogP contribution in [0.5, 0.6) is 0 Å². The molecule has 1 saturated heterocycles. The van der Waals surface area contributed by atoms with Crippen molar-refractivity contribution >= 4 is 17.3 Å². The number of carbonyl (C=O) groups is 1. The Balaban J connectivity index is 2.01. The van der Waals surface area contributed by atoms with E-state index in [2.05, 4.69) is 23.7 Å². The molecule has 0 aliphatic carbocycles. The number of rotatable bonds is 4. The van der Waals surface area contributed by atoms with Gasteiger partial charge in [-0.2, -0.15) is 0 Å². The van der Waals surface area contributed by atoms with Crippen LogP contribution in [-0.2, 0) is 0 Å². The number of hydrogen-bond donors (Lipinski definition) is 1. The fraction of sp³-hybridized carbons (Fsp3) is 0.714. The second-order valence-electron chi connectivity index (χ2n) is 5.68. The van der Waals surface area contributed by atoms with Crippen molar-refractivity contribution in [1.82, 2.24) is 9.88 Å². The summed E-state index contributed by atoms with van der Waals surface area (Å²) < 4.78 is 0. The topological polar surface area (TPSA) is 53.4 Å². The molecule has 5 heteroatoms. The summed E-state index contributed by atoms with van der Waals surface area (Å²) in [6.45, 7) is 9.51. The molecule has 1 fully saturated rings. The molecule has 2 rings (SSSR count). The minimum absolute atomic E-state index is 0.307. The van der Waals surface area contributed by atoms with Gasteiger partial charge >= 0.3 is 5.97 Å². The van der Waals surface area contributed by atoms with Crippen LogP contribution in [0.4, 0.5) is 0 Å². The van der Waals surface area contributed by atoms with Crippen LogP contribution in [0.15, 0.2) is 0 Å². The summed E-state index contributed by atoms with van der Waals surface area (Å²) in [4.78, 5) is 18.3. The maximum Gasteiger partial charge on any atom is 0.347 e. The Labute approximate surface area is 118 Å². The minimum atomic E-state index is -0.861. The van der Waals surface area contributed by atoms with Gasteiger partial charge in [-0.25, -0.2) is 9.78 Å². The van der Waals surface area contributed by atoms with Gasteiger partial charge in [0, 0.05) is 19.0 Å². The first kappa shape index (κ1) is 14.5. The molecule has 106 valence electrons. The summed E-state index contributed by atoms with van der Waals surface area (Å²) in [5.74, 6) is 0.218. The smallest absolute Gasteiger partial charge is 0.347 e. The van der Waals surface area contributed by atoms with Crippen LogP contribution in [0.25, 0.3) is 0 Å². The Bertz CT molecular complexity index is 458. The number of thiazole rings is 1. The first-order chi connectivity index (χ1) is 8.97. The van der Waals surface area contributed by atoms with Crippen LogP contribution in [0, 0.1) is 12.8 Å². The molecular weight excluding hydrogens is 260 g/mol. The predicted octanol–water partition coefficient (Wildman–Crippen LogP) is 2.99. The molecule has 1 N–H and O–H groups in total. The highest BCUT2D eigenvalue weighted by atomic mass is 32.1. The van der Waals surface area contributed by atoms with E-state index >= 15 is 0 Å². The van der Waals surface area contributed by atoms with E-state index in [-0.39, 0.29) is 0 Å². The van der Waals surface area contributed by atoms with E-state index in [1.54, 1.807) is 6.92 Å². The number of likely N-dealkylation sites (tertiary alicyclic amines) is 1. The van der Waals surface area contributed by atoms with Crippen LogP contribution in [0.1, 0.15) is 53.0 Å². The van der Waals surface area contributed by atoms with Gasteiger partial charge in [0.2, 0.25) is 0 Å². The number of aromatic nitrogens is 1. The van der Waals surface area contributed by atoms with E-state index < -0.39 is 5.97 Å². The van der Waals surface area contributed by atoms with Gasteiger partial charge in [-0.15, -0.1) is 11.3 Å². The Kier molecular flexibility index (Phi) is 4.58. The average molecular weight is 282 g/mol. The highest BCUT2D eigenvalue weighted by molar-refractivity contribution is 7.13. The molecule has 2 atom stereocenters. The van der Waals surface area contributed by atoms with Crippen molar-refractivity contribution in [2.24, 2.45) is 5.92 Å². The van der Waals surface area contributed by atoms with E-state index in [0.29, 0.717) is 16.5 Å². The maximum absolute atomic E-state index is 11.1. The molecule has 0 bridgehead atoms. The number of carboxylic acids is 1. The van der Waals surface area contributed by atoms with Crippen LogP contribution in [-0.4, -0.2) is 40.6 Å². The highest BCUT2D eigenvalue weighted by Crippen LogP contribution is 2.27. The second-order valence-corrected chi connectivity index (χ2v) is 6.71. The molecule has 0 radical (unpaired) electrons. The minimum Gasteiger partial charge on any atom is -0.477 e. The van der Waals surface area contributed by atoms with Gasteiger partial charge in [-0.3, -0.25) is 0 Å². The summed E-state index contributed by atoms with van der Waals surface area (Å²) in [5, 5.41) is 10.0. The number of aromatic carboxylic acids is 1. The quantitative estimate of drug-likeness (QED) is 0.922. The number of piperidine rings is 1. The van der Waals surface area contributed by atoms with Crippen molar-refractivity contribution in [3.8, 4) is 0 Å². The Morgan fingerprint density at radius 1 is 1.63 bits per heavy atom. The third-order valence-electron chi connectivity index (χ3n) is 3.70. The number of hydrogen-bond acceptors (Lipinski definition) is 4. The van der Waals surface area contributed by atoms with Gasteiger partial charge in [-0.1, -0.05) is 13.8 Å². The summed E-state index contributed by atoms with van der Waals surface area (Å²) >= 11 is 1.33. The molecule has 1 aromatic rings. The van der Waals surface area contributed by atoms with Crippen LogP contribution >= 0.6 is 11.3 Å². The van der Waals surface area contributed by atoms with Crippen LogP contribution in [0.3, 0.4) is 0 Å². The van der Waals surface area contributed by atoms with Crippen LogP contribution < -0.4 is 0 Å². The zero-order chi connectivity index (χ0) is 14.0. The molecular formula is C14H22N2O2S. The summed E-state index contributed by atoms with van der Waals surface area (Å²) in [7, 11) is 0. The lowest BCUT2D eigenvalue weighted by atomic mass is 9.99. The second kappa shape index (κ2) is 6.01. The molecule has 0 saturated carbocycles. The lowest BCUT2D eigenvalue weighted by Gasteiger charge is -2.32. The van der Waals surface area contributed by atoms with E-state index in [9.17, 15) is 4.79 Å². The third kappa shape index (κ3) is 3.54. The molecule has 0 spiro atoms. The zero-order valence-electron chi connectivity index (χ0n) is 11.8. The normalized spacial score (nSPS) is 22.4. The lowest BCUT2D eigenvalue weighted by molar-refractivity contribution is 0.0701. The van der Waals surface area contributed by atoms with Crippen LogP contribution in [0.2, 0.25) is 0 Å². The first-order valence-electron chi connectivity index (χ1n) is 6.90. The molecule has 1 aliphatic heterocycles. The molecule has 4 nitrogen and oxygen atoms in total. The van der Waals surface area contributed by atoms with Crippen molar-refractivity contribution < 1.29 is 9.90 Å². The average Bonchev–Trinajstić information content (AvgIpc) is 2.71. The van der Waals surface area contributed by atoms with Crippen molar-refractivity contribution in [1.29, 1.82) is 0 Å². The lowest BCUT2D eigenvalue weighted by Crippen LogP contribution is -2.36. The van der Waals surface area contributed by atoms with Gasteiger partial charge in [0.15, 0.2) is 0 Å². The van der Waals surface area contributed by atoms with Gasteiger partial charge in [0.1, 0.15) is 4.88 Å². The fourth-order valence-corrected chi connectivity index (χ4v) is 3.69. The Morgan fingerprint density at radius 2 is 2.37 bits per heavy atom. The summed E-state index contributed by atoms with van der Waals surface area (Å²) in [5.41, 5.74) is 0.645. The number of nitrogens with zero attached hydrogens (tertiary/aromatic N) is 2. The molecule has 1 aliphatic rings. The predicted molar refractivity (Wildman–Crippen MR) is 77.1 cm³/mol. The van der Waals surface area contributed by atoms with E-state index in [4.69, 9.17) is 5.11 Å². The molecule has 0 amide bonds. The molecule has 2 unspecified atom stereocenters. The number of carboxylic acid groups (broad SMARTS) is 1. The van der Waals surface area contributed by atoms with Gasteiger partial charge in [-0.05, 0) is 32.2 Å². The third-order valence-corrected chi connectivity index (χ3v) is 5.08. The fourth-order valence-electron chi connectivity index (χ4n) is 2.74. The van der Waals surface area contributed by atoms with Crippen molar-refractivity contribution in [3.63, 3.8) is 0 Å². The largest absolute Gasteiger partial charge is 0.477 e. The molecule has 19 heavy (non-hydrogen) atoms. The first-order valence-corrected chi connectivity index (χ1v) is 7.72. The molecule has 1 aromatic heterocycles. The monoisotopic (exact) mass is 282 g/mol. The Morgan fingerprint density at radius 3 is 2.95 bits per heavy atom. The van der Waals surface area contributed by atoms with Gasteiger partial charge in [0.25, 0.3) is 0 Å². The summed E-state index contributed by atoms with van der Waals surface area (Å²) in [6.07, 6.45) is 2.59. The zero-order valence-corrected chi connectivity index (χ0v) is 12.7. The van der Waals surface area contributed by atoms with E-state index in [0.717, 1.165) is 30.6 Å². The molecule has 2 heterocycles. The Hall–Kier alpha value is -0.940. The van der Waals surface area contributed by atoms with E-state index in [1.807, 2.05) is 0 Å².